The second kappa shape index (κ2) is 6.00. The average Bonchev–Trinajstić information content (AvgIpc) is 2.42. The third-order valence-corrected chi connectivity index (χ3v) is 4.51. The standard InChI is InChI=1S/C17H14O3S.Mg.2H/c1-11(2)15-8-7-14-9-12-5-3-4-6-13(12)10-16(14)17(15)21(18,19)20;;;/h3-10H,1H2,2H3,(H,18,19,20);;;. The fraction of sp³-hybridized carbons (Fsp3) is 0.0588. The number of rotatable bonds is 2. The van der Waals surface area contributed by atoms with E-state index >= 15 is 0 Å². The third-order valence-electron chi connectivity index (χ3n) is 3.55. The molecule has 0 spiro atoms. The average molecular weight is 325 g/mol. The van der Waals surface area contributed by atoms with Crippen LogP contribution < -0.4 is 0 Å². The molecule has 3 aromatic rings. The molecular formula is C17H16MgO3S. The zero-order chi connectivity index (χ0) is 15.2. The number of hydrogen-bond acceptors (Lipinski definition) is 2. The van der Waals surface area contributed by atoms with Gasteiger partial charge in [-0.1, -0.05) is 43.0 Å². The first-order valence-electron chi connectivity index (χ1n) is 6.47. The first-order valence-corrected chi connectivity index (χ1v) is 7.91. The van der Waals surface area contributed by atoms with Crippen LogP contribution in [0.15, 0.2) is 60.0 Å². The van der Waals surface area contributed by atoms with Crippen LogP contribution in [0.2, 0.25) is 0 Å². The van der Waals surface area contributed by atoms with Crippen molar-refractivity contribution in [1.29, 1.82) is 0 Å². The summed E-state index contributed by atoms with van der Waals surface area (Å²) in [4.78, 5) is -0.0711. The Morgan fingerprint density at radius 2 is 1.59 bits per heavy atom. The van der Waals surface area contributed by atoms with Crippen molar-refractivity contribution in [1.82, 2.24) is 0 Å². The van der Waals surface area contributed by atoms with E-state index in [9.17, 15) is 13.0 Å². The lowest BCUT2D eigenvalue weighted by atomic mass is 9.99. The van der Waals surface area contributed by atoms with Gasteiger partial charge < -0.3 is 0 Å². The van der Waals surface area contributed by atoms with E-state index in [0.29, 0.717) is 16.5 Å². The molecule has 0 unspecified atom stereocenters. The van der Waals surface area contributed by atoms with Crippen molar-refractivity contribution in [3.8, 4) is 0 Å². The van der Waals surface area contributed by atoms with Gasteiger partial charge in [-0.3, -0.25) is 4.55 Å². The zero-order valence-corrected chi connectivity index (χ0v) is 12.3. The van der Waals surface area contributed by atoms with Crippen molar-refractivity contribution in [2.24, 2.45) is 0 Å². The third kappa shape index (κ3) is 2.90. The summed E-state index contributed by atoms with van der Waals surface area (Å²) in [5, 5.41) is 3.23. The van der Waals surface area contributed by atoms with E-state index in [1.54, 1.807) is 19.1 Å². The van der Waals surface area contributed by atoms with Crippen molar-refractivity contribution in [2.45, 2.75) is 11.8 Å². The van der Waals surface area contributed by atoms with Gasteiger partial charge in [0.15, 0.2) is 0 Å². The summed E-state index contributed by atoms with van der Waals surface area (Å²) in [6.07, 6.45) is 0. The predicted octanol–water partition coefficient (Wildman–Crippen LogP) is 3.36. The number of fused-ring (bicyclic) bond motifs is 2. The van der Waals surface area contributed by atoms with Gasteiger partial charge in [-0.05, 0) is 46.4 Å². The smallest absolute Gasteiger partial charge is 0.282 e. The molecule has 0 fully saturated rings. The van der Waals surface area contributed by atoms with Crippen LogP contribution in [0.25, 0.3) is 27.1 Å². The maximum Gasteiger partial charge on any atom is 0.316 e. The second-order valence-corrected chi connectivity index (χ2v) is 6.48. The molecule has 5 heteroatoms. The molecule has 0 aliphatic heterocycles. The van der Waals surface area contributed by atoms with Crippen LogP contribution in [-0.4, -0.2) is 36.0 Å². The van der Waals surface area contributed by atoms with E-state index in [2.05, 4.69) is 6.58 Å². The van der Waals surface area contributed by atoms with Crippen LogP contribution in [0.4, 0.5) is 0 Å². The molecule has 0 aliphatic carbocycles. The van der Waals surface area contributed by atoms with Crippen molar-refractivity contribution < 1.29 is 13.0 Å². The molecule has 3 nitrogen and oxygen atoms in total. The van der Waals surface area contributed by atoms with Crippen LogP contribution in [0.5, 0.6) is 0 Å². The van der Waals surface area contributed by atoms with Crippen LogP contribution >= 0.6 is 0 Å². The Labute approximate surface area is 145 Å². The molecule has 1 N–H and O–H groups in total. The Hall–Kier alpha value is -1.40. The highest BCUT2D eigenvalue weighted by molar-refractivity contribution is 7.86. The Balaban J connectivity index is 0.00000176. The summed E-state index contributed by atoms with van der Waals surface area (Å²) in [5.74, 6) is 0. The number of benzene rings is 3. The lowest BCUT2D eigenvalue weighted by Gasteiger charge is -2.11. The summed E-state index contributed by atoms with van der Waals surface area (Å²) in [6.45, 7) is 5.51. The van der Waals surface area contributed by atoms with Crippen molar-refractivity contribution >= 4 is 60.3 Å². The molecule has 0 aliphatic rings. The molecule has 22 heavy (non-hydrogen) atoms. The van der Waals surface area contributed by atoms with Gasteiger partial charge in [-0.15, -0.1) is 0 Å². The molecule has 0 amide bonds. The zero-order valence-electron chi connectivity index (χ0n) is 11.5. The largest absolute Gasteiger partial charge is 0.316 e. The van der Waals surface area contributed by atoms with E-state index in [1.165, 1.54) is 0 Å². The summed E-state index contributed by atoms with van der Waals surface area (Å²) >= 11 is 0. The van der Waals surface area contributed by atoms with Gasteiger partial charge in [-0.2, -0.15) is 8.42 Å². The minimum absolute atomic E-state index is 0. The Morgan fingerprint density at radius 1 is 1.00 bits per heavy atom. The lowest BCUT2D eigenvalue weighted by molar-refractivity contribution is 0.484. The molecule has 3 aromatic carbocycles. The highest BCUT2D eigenvalue weighted by Gasteiger charge is 2.20. The monoisotopic (exact) mass is 324 g/mol. The van der Waals surface area contributed by atoms with Gasteiger partial charge in [-0.25, -0.2) is 0 Å². The Morgan fingerprint density at radius 3 is 2.14 bits per heavy atom. The quantitative estimate of drug-likeness (QED) is 0.447. The minimum atomic E-state index is -4.33. The maximum absolute atomic E-state index is 11.8. The van der Waals surface area contributed by atoms with E-state index in [1.807, 2.05) is 36.4 Å². The van der Waals surface area contributed by atoms with Crippen LogP contribution in [0.3, 0.4) is 0 Å². The molecular weight excluding hydrogens is 309 g/mol. The van der Waals surface area contributed by atoms with Gasteiger partial charge >= 0.3 is 23.1 Å². The van der Waals surface area contributed by atoms with Crippen LogP contribution in [0.1, 0.15) is 12.5 Å². The summed E-state index contributed by atoms with van der Waals surface area (Å²) in [6, 6.07) is 14.9. The van der Waals surface area contributed by atoms with E-state index in [0.717, 1.165) is 16.2 Å². The molecule has 0 bridgehead atoms. The molecule has 3 rings (SSSR count). The molecule has 0 radical (unpaired) electrons. The van der Waals surface area contributed by atoms with E-state index in [4.69, 9.17) is 0 Å². The van der Waals surface area contributed by atoms with Crippen molar-refractivity contribution in [3.63, 3.8) is 0 Å². The SMILES string of the molecule is C=C(C)c1ccc2cc3ccccc3cc2c1S(=O)(=O)O.[MgH2]. The minimum Gasteiger partial charge on any atom is -0.282 e. The van der Waals surface area contributed by atoms with Gasteiger partial charge in [0.1, 0.15) is 4.90 Å². The second-order valence-electron chi connectivity index (χ2n) is 5.12. The predicted molar refractivity (Wildman–Crippen MR) is 94.5 cm³/mol. The first-order chi connectivity index (χ1) is 9.88. The molecule has 0 saturated carbocycles. The maximum atomic E-state index is 11.8. The molecule has 110 valence electrons. The van der Waals surface area contributed by atoms with Gasteiger partial charge in [0, 0.05) is 5.39 Å². The van der Waals surface area contributed by atoms with E-state index < -0.39 is 10.1 Å². The van der Waals surface area contributed by atoms with Crippen LogP contribution in [0, 0.1) is 0 Å². The van der Waals surface area contributed by atoms with Gasteiger partial charge in [0.05, 0.1) is 0 Å². The summed E-state index contributed by atoms with van der Waals surface area (Å²) in [7, 11) is -4.33. The first kappa shape index (κ1) is 17.0. The van der Waals surface area contributed by atoms with E-state index in [-0.39, 0.29) is 27.9 Å². The Bertz CT molecular complexity index is 991. The number of hydrogen-bond donors (Lipinski definition) is 1. The van der Waals surface area contributed by atoms with Crippen molar-refractivity contribution in [3.05, 3.63) is 60.7 Å². The lowest BCUT2D eigenvalue weighted by Crippen LogP contribution is -2.03. The van der Waals surface area contributed by atoms with Gasteiger partial charge in [0.2, 0.25) is 0 Å². The fourth-order valence-corrected chi connectivity index (χ4v) is 3.58. The molecule has 0 saturated heterocycles. The molecule has 0 atom stereocenters. The van der Waals surface area contributed by atoms with Crippen molar-refractivity contribution in [2.75, 3.05) is 0 Å². The summed E-state index contributed by atoms with van der Waals surface area (Å²) < 4.78 is 33.3. The Kier molecular flexibility index (Phi) is 4.63. The molecule has 0 aromatic heterocycles. The normalized spacial score (nSPS) is 11.4. The number of allylic oxidation sites excluding steroid dienone is 1. The fourth-order valence-electron chi connectivity index (χ4n) is 2.60. The highest BCUT2D eigenvalue weighted by Crippen LogP contribution is 2.33. The van der Waals surface area contributed by atoms with Gasteiger partial charge in [0.25, 0.3) is 10.1 Å². The molecule has 0 heterocycles. The highest BCUT2D eigenvalue weighted by atomic mass is 32.2. The topological polar surface area (TPSA) is 54.4 Å². The summed E-state index contributed by atoms with van der Waals surface area (Å²) in [5.41, 5.74) is 1.04. The van der Waals surface area contributed by atoms with Crippen LogP contribution in [-0.2, 0) is 10.1 Å².